The molecule has 1 aromatic carbocycles. The zero-order chi connectivity index (χ0) is 13.9. The van der Waals surface area contributed by atoms with E-state index in [1.807, 2.05) is 30.3 Å². The van der Waals surface area contributed by atoms with Gasteiger partial charge in [-0.2, -0.15) is 0 Å². The molecule has 4 atom stereocenters. The van der Waals surface area contributed by atoms with Gasteiger partial charge in [0.25, 0.3) is 0 Å². The van der Waals surface area contributed by atoms with Crippen molar-refractivity contribution in [2.75, 3.05) is 7.11 Å². The van der Waals surface area contributed by atoms with Gasteiger partial charge in [0, 0.05) is 19.4 Å². The number of aliphatic hydroxyl groups excluding tert-OH is 1. The summed E-state index contributed by atoms with van der Waals surface area (Å²) in [6.45, 7) is 3.87. The third-order valence-electron chi connectivity index (χ3n) is 4.14. The van der Waals surface area contributed by atoms with E-state index in [0.29, 0.717) is 19.3 Å². The van der Waals surface area contributed by atoms with E-state index in [9.17, 15) is 10.2 Å². The fourth-order valence-corrected chi connectivity index (χ4v) is 3.07. The van der Waals surface area contributed by atoms with E-state index in [1.54, 1.807) is 13.2 Å². The highest BCUT2D eigenvalue weighted by molar-refractivity contribution is 5.28. The van der Waals surface area contributed by atoms with Crippen molar-refractivity contribution in [2.24, 2.45) is 0 Å². The lowest BCUT2D eigenvalue weighted by atomic mass is 9.70. The zero-order valence-electron chi connectivity index (χ0n) is 11.3. The van der Waals surface area contributed by atoms with Crippen LogP contribution >= 0.6 is 0 Å². The summed E-state index contributed by atoms with van der Waals surface area (Å²) in [6.07, 6.45) is 2.57. The number of methoxy groups -OCH3 is 1. The lowest BCUT2D eigenvalue weighted by molar-refractivity contribution is -0.145. The molecule has 0 aromatic heterocycles. The summed E-state index contributed by atoms with van der Waals surface area (Å²) in [7, 11) is 1.58. The summed E-state index contributed by atoms with van der Waals surface area (Å²) < 4.78 is 5.42. The Morgan fingerprint density at radius 2 is 2.11 bits per heavy atom. The molecule has 0 amide bonds. The summed E-state index contributed by atoms with van der Waals surface area (Å²) in [4.78, 5) is 0. The van der Waals surface area contributed by atoms with E-state index in [0.717, 1.165) is 5.56 Å². The third kappa shape index (κ3) is 2.73. The topological polar surface area (TPSA) is 49.7 Å². The normalized spacial score (nSPS) is 32.8. The van der Waals surface area contributed by atoms with Crippen LogP contribution in [0.25, 0.3) is 0 Å². The van der Waals surface area contributed by atoms with Crippen LogP contribution in [0.2, 0.25) is 0 Å². The lowest BCUT2D eigenvalue weighted by Gasteiger charge is -2.45. The zero-order valence-corrected chi connectivity index (χ0v) is 11.3. The van der Waals surface area contributed by atoms with Gasteiger partial charge in [-0.1, -0.05) is 36.4 Å². The first kappa shape index (κ1) is 14.3. The molecule has 0 saturated heterocycles. The first-order chi connectivity index (χ1) is 9.11. The summed E-state index contributed by atoms with van der Waals surface area (Å²) in [5.41, 5.74) is 0.0234. The Morgan fingerprint density at radius 1 is 1.42 bits per heavy atom. The van der Waals surface area contributed by atoms with Gasteiger partial charge in [0.05, 0.1) is 12.2 Å². The van der Waals surface area contributed by atoms with E-state index in [2.05, 4.69) is 6.58 Å². The minimum atomic E-state index is -1.00. The van der Waals surface area contributed by atoms with Crippen molar-refractivity contribution >= 4 is 0 Å². The average Bonchev–Trinajstić information content (AvgIpc) is 2.43. The Kier molecular flexibility index (Phi) is 4.40. The second-order valence-corrected chi connectivity index (χ2v) is 5.27. The first-order valence-electron chi connectivity index (χ1n) is 6.72. The highest BCUT2D eigenvalue weighted by atomic mass is 16.5. The molecule has 0 heterocycles. The predicted molar refractivity (Wildman–Crippen MR) is 75.0 cm³/mol. The predicted octanol–water partition coefficient (Wildman–Crippen LogP) is 2.25. The van der Waals surface area contributed by atoms with Crippen LogP contribution < -0.4 is 0 Å². The molecule has 3 nitrogen and oxygen atoms in total. The van der Waals surface area contributed by atoms with E-state index < -0.39 is 11.7 Å². The highest BCUT2D eigenvalue weighted by Gasteiger charge is 2.47. The number of aliphatic hydroxyl groups is 2. The molecule has 104 valence electrons. The Balaban J connectivity index is 2.32. The van der Waals surface area contributed by atoms with Gasteiger partial charge in [0.2, 0.25) is 0 Å². The van der Waals surface area contributed by atoms with Crippen LogP contribution in [0.15, 0.2) is 43.0 Å². The molecular formula is C16H22O3. The van der Waals surface area contributed by atoms with Crippen molar-refractivity contribution in [3.63, 3.8) is 0 Å². The van der Waals surface area contributed by atoms with Crippen molar-refractivity contribution in [1.82, 2.24) is 0 Å². The standard InChI is InChI=1S/C16H22O3/c1-3-14(12-7-5-4-6-8-12)16(18)10-9-13(17)11-15(16)19-2/h3-8,13-15,17-18H,1,9-11H2,2H3/t13-,14+,15-,16-/m0/s1. The Morgan fingerprint density at radius 3 is 2.68 bits per heavy atom. The van der Waals surface area contributed by atoms with Crippen LogP contribution in [0.4, 0.5) is 0 Å². The number of hydrogen-bond acceptors (Lipinski definition) is 3. The Labute approximate surface area is 114 Å². The number of rotatable bonds is 4. The number of benzene rings is 1. The molecule has 2 N–H and O–H groups in total. The molecule has 0 bridgehead atoms. The molecule has 0 unspecified atom stereocenters. The molecule has 3 heteroatoms. The minimum Gasteiger partial charge on any atom is -0.393 e. The molecule has 1 aromatic rings. The van der Waals surface area contributed by atoms with E-state index >= 15 is 0 Å². The van der Waals surface area contributed by atoms with Crippen LogP contribution in [-0.4, -0.2) is 35.1 Å². The maximum absolute atomic E-state index is 11.1. The minimum absolute atomic E-state index is 0.189. The van der Waals surface area contributed by atoms with E-state index in [1.165, 1.54) is 0 Å². The molecule has 0 aliphatic heterocycles. The maximum atomic E-state index is 11.1. The Hall–Kier alpha value is -1.16. The summed E-state index contributed by atoms with van der Waals surface area (Å²) >= 11 is 0. The summed E-state index contributed by atoms with van der Waals surface area (Å²) in [5.74, 6) is -0.189. The lowest BCUT2D eigenvalue weighted by Crippen LogP contribution is -2.52. The fourth-order valence-electron chi connectivity index (χ4n) is 3.07. The van der Waals surface area contributed by atoms with Gasteiger partial charge < -0.3 is 14.9 Å². The van der Waals surface area contributed by atoms with Gasteiger partial charge in [-0.3, -0.25) is 0 Å². The maximum Gasteiger partial charge on any atom is 0.101 e. The van der Waals surface area contributed by atoms with Crippen molar-refractivity contribution in [3.05, 3.63) is 48.6 Å². The molecule has 1 saturated carbocycles. The van der Waals surface area contributed by atoms with Gasteiger partial charge in [-0.15, -0.1) is 6.58 Å². The third-order valence-corrected chi connectivity index (χ3v) is 4.14. The monoisotopic (exact) mass is 262 g/mol. The molecule has 19 heavy (non-hydrogen) atoms. The quantitative estimate of drug-likeness (QED) is 0.818. The number of hydrogen-bond donors (Lipinski definition) is 2. The second-order valence-electron chi connectivity index (χ2n) is 5.27. The molecule has 0 radical (unpaired) electrons. The van der Waals surface area contributed by atoms with Crippen LogP contribution in [0.1, 0.15) is 30.7 Å². The van der Waals surface area contributed by atoms with Crippen molar-refractivity contribution in [3.8, 4) is 0 Å². The average molecular weight is 262 g/mol. The van der Waals surface area contributed by atoms with Crippen LogP contribution in [0.5, 0.6) is 0 Å². The largest absolute Gasteiger partial charge is 0.393 e. The molecule has 1 fully saturated rings. The van der Waals surface area contributed by atoms with Crippen LogP contribution in [0.3, 0.4) is 0 Å². The van der Waals surface area contributed by atoms with Gasteiger partial charge in [-0.05, 0) is 18.4 Å². The smallest absolute Gasteiger partial charge is 0.101 e. The summed E-state index contributed by atoms with van der Waals surface area (Å²) in [5, 5.41) is 20.8. The van der Waals surface area contributed by atoms with Gasteiger partial charge >= 0.3 is 0 Å². The van der Waals surface area contributed by atoms with Crippen LogP contribution in [0, 0.1) is 0 Å². The molecule has 1 aliphatic rings. The SMILES string of the molecule is C=C[C@H](c1ccccc1)[C@@]1(O)CC[C@H](O)C[C@@H]1OC. The Bertz CT molecular complexity index is 417. The second kappa shape index (κ2) is 5.87. The molecule has 0 spiro atoms. The fraction of sp³-hybridized carbons (Fsp3) is 0.500. The molecule has 2 rings (SSSR count). The van der Waals surface area contributed by atoms with Gasteiger partial charge in [0.1, 0.15) is 5.60 Å². The number of ether oxygens (including phenoxy) is 1. The van der Waals surface area contributed by atoms with Gasteiger partial charge in [-0.25, -0.2) is 0 Å². The van der Waals surface area contributed by atoms with E-state index in [-0.39, 0.29) is 12.0 Å². The first-order valence-corrected chi connectivity index (χ1v) is 6.72. The van der Waals surface area contributed by atoms with Crippen molar-refractivity contribution in [2.45, 2.75) is 43.0 Å². The van der Waals surface area contributed by atoms with Gasteiger partial charge in [0.15, 0.2) is 0 Å². The summed E-state index contributed by atoms with van der Waals surface area (Å²) in [6, 6.07) is 9.83. The van der Waals surface area contributed by atoms with Crippen molar-refractivity contribution in [1.29, 1.82) is 0 Å². The van der Waals surface area contributed by atoms with Crippen LogP contribution in [-0.2, 0) is 4.74 Å². The van der Waals surface area contributed by atoms with Crippen molar-refractivity contribution < 1.29 is 14.9 Å². The van der Waals surface area contributed by atoms with E-state index in [4.69, 9.17) is 4.74 Å². The highest BCUT2D eigenvalue weighted by Crippen LogP contribution is 2.42. The molecule has 1 aliphatic carbocycles. The molecular weight excluding hydrogens is 240 g/mol.